The minimum Gasteiger partial charge on any atom is -0.259 e. The zero-order chi connectivity index (χ0) is 12.2. The monoisotopic (exact) mass is 240 g/mol. The van der Waals surface area contributed by atoms with Crippen LogP contribution in [0.4, 0.5) is 5.82 Å². The minimum atomic E-state index is 0.742. The normalized spacial score (nSPS) is 15.7. The lowest BCUT2D eigenvalue weighted by molar-refractivity contribution is 0.665. The first kappa shape index (κ1) is 11.1. The van der Waals surface area contributed by atoms with E-state index in [-0.39, 0.29) is 0 Å². The average molecular weight is 240 g/mol. The Morgan fingerprint density at radius 2 is 1.89 bits per heavy atom. The van der Waals surface area contributed by atoms with E-state index in [0.717, 1.165) is 29.4 Å². The lowest BCUT2D eigenvalue weighted by atomic mass is 9.99. The third-order valence-electron chi connectivity index (χ3n) is 3.32. The van der Waals surface area contributed by atoms with E-state index < -0.39 is 0 Å². The molecule has 1 heterocycles. The molecule has 0 atom stereocenters. The number of hydrogen-bond donors (Lipinski definition) is 1. The summed E-state index contributed by atoms with van der Waals surface area (Å²) in [6, 6.07) is 8.07. The summed E-state index contributed by atoms with van der Waals surface area (Å²) in [5.74, 6) is 0.742. The molecule has 4 nitrogen and oxygen atoms in total. The molecule has 3 rings (SSSR count). The highest BCUT2D eigenvalue weighted by Gasteiger charge is 2.07. The fourth-order valence-corrected chi connectivity index (χ4v) is 2.31. The van der Waals surface area contributed by atoms with Crippen LogP contribution in [-0.2, 0) is 0 Å². The van der Waals surface area contributed by atoms with Gasteiger partial charge in [-0.15, -0.1) is 5.10 Å². The number of nitrogens with one attached hydrogen (secondary N) is 1. The first-order valence-corrected chi connectivity index (χ1v) is 6.45. The van der Waals surface area contributed by atoms with E-state index in [1.807, 2.05) is 24.3 Å². The highest BCUT2D eigenvalue weighted by Crippen LogP contribution is 2.20. The van der Waals surface area contributed by atoms with Crippen LogP contribution in [0.3, 0.4) is 0 Å². The number of hydrogen-bond acceptors (Lipinski definition) is 4. The lowest BCUT2D eigenvalue weighted by Crippen LogP contribution is -2.08. The predicted octanol–water partition coefficient (Wildman–Crippen LogP) is 3.36. The molecule has 1 aromatic carbocycles. The molecule has 1 aliphatic rings. The Kier molecular flexibility index (Phi) is 3.17. The molecule has 0 radical (unpaired) electrons. The van der Waals surface area contributed by atoms with Crippen LogP contribution in [0.25, 0.3) is 10.8 Å². The van der Waals surface area contributed by atoms with Crippen molar-refractivity contribution in [1.29, 1.82) is 0 Å². The minimum absolute atomic E-state index is 0.742. The Labute approximate surface area is 106 Å². The summed E-state index contributed by atoms with van der Waals surface area (Å²) in [5, 5.41) is 14.7. The molecule has 0 spiro atoms. The molecule has 0 bridgehead atoms. The van der Waals surface area contributed by atoms with Gasteiger partial charge in [-0.3, -0.25) is 5.43 Å². The zero-order valence-corrected chi connectivity index (χ0v) is 10.3. The molecule has 2 aromatic rings. The summed E-state index contributed by atoms with van der Waals surface area (Å²) in [6.45, 7) is 0. The van der Waals surface area contributed by atoms with Crippen molar-refractivity contribution in [3.63, 3.8) is 0 Å². The standard InChI is InChI=1S/C14H16N4/c1-2-7-12(8-3-1)16-18-14-13-9-5-4-6-11(13)10-15-17-14/h4-6,9-10H,1-3,7-8H2,(H,17,18). The topological polar surface area (TPSA) is 50.2 Å². The van der Waals surface area contributed by atoms with E-state index in [2.05, 4.69) is 20.7 Å². The van der Waals surface area contributed by atoms with E-state index in [1.54, 1.807) is 6.20 Å². The SMILES string of the molecule is c1ccc2c(NN=C3CCCCC3)nncc2c1. The fourth-order valence-electron chi connectivity index (χ4n) is 2.31. The number of hydrazone groups is 1. The van der Waals surface area contributed by atoms with Gasteiger partial charge < -0.3 is 0 Å². The Balaban J connectivity index is 1.86. The molecule has 1 N–H and O–H groups in total. The fraction of sp³-hybridized carbons (Fsp3) is 0.357. The first-order valence-electron chi connectivity index (χ1n) is 6.45. The molecule has 4 heteroatoms. The predicted molar refractivity (Wildman–Crippen MR) is 73.7 cm³/mol. The largest absolute Gasteiger partial charge is 0.259 e. The Morgan fingerprint density at radius 3 is 2.78 bits per heavy atom. The maximum absolute atomic E-state index is 4.47. The van der Waals surface area contributed by atoms with Crippen molar-refractivity contribution in [2.24, 2.45) is 5.10 Å². The van der Waals surface area contributed by atoms with Crippen molar-refractivity contribution < 1.29 is 0 Å². The smallest absolute Gasteiger partial charge is 0.176 e. The van der Waals surface area contributed by atoms with Crippen molar-refractivity contribution in [2.75, 3.05) is 5.43 Å². The van der Waals surface area contributed by atoms with E-state index in [4.69, 9.17) is 0 Å². The number of aromatic nitrogens is 2. The highest BCUT2D eigenvalue weighted by molar-refractivity contribution is 5.92. The molecule has 18 heavy (non-hydrogen) atoms. The summed E-state index contributed by atoms with van der Waals surface area (Å²) in [5.41, 5.74) is 4.32. The van der Waals surface area contributed by atoms with Crippen LogP contribution in [0.15, 0.2) is 35.6 Å². The van der Waals surface area contributed by atoms with Crippen molar-refractivity contribution >= 4 is 22.3 Å². The number of anilines is 1. The molecule has 92 valence electrons. The number of benzene rings is 1. The molecule has 1 aromatic heterocycles. The van der Waals surface area contributed by atoms with Crippen LogP contribution < -0.4 is 5.43 Å². The molecule has 0 aliphatic heterocycles. The third kappa shape index (κ3) is 2.32. The van der Waals surface area contributed by atoms with Gasteiger partial charge in [-0.2, -0.15) is 10.2 Å². The number of fused-ring (bicyclic) bond motifs is 1. The maximum Gasteiger partial charge on any atom is 0.176 e. The lowest BCUT2D eigenvalue weighted by Gasteiger charge is -2.12. The van der Waals surface area contributed by atoms with Crippen molar-refractivity contribution in [2.45, 2.75) is 32.1 Å². The zero-order valence-electron chi connectivity index (χ0n) is 10.3. The van der Waals surface area contributed by atoms with Gasteiger partial charge >= 0.3 is 0 Å². The van der Waals surface area contributed by atoms with Gasteiger partial charge in [-0.05, 0) is 25.7 Å². The van der Waals surface area contributed by atoms with Crippen LogP contribution >= 0.6 is 0 Å². The molecule has 0 saturated heterocycles. The van der Waals surface area contributed by atoms with Gasteiger partial charge in [0.05, 0.1) is 6.20 Å². The van der Waals surface area contributed by atoms with Crippen LogP contribution in [-0.4, -0.2) is 15.9 Å². The average Bonchev–Trinajstić information content (AvgIpc) is 2.46. The molecule has 0 amide bonds. The van der Waals surface area contributed by atoms with Crippen molar-refractivity contribution in [3.8, 4) is 0 Å². The van der Waals surface area contributed by atoms with Crippen LogP contribution in [0.5, 0.6) is 0 Å². The van der Waals surface area contributed by atoms with Gasteiger partial charge in [0.25, 0.3) is 0 Å². The van der Waals surface area contributed by atoms with Crippen molar-refractivity contribution in [1.82, 2.24) is 10.2 Å². The van der Waals surface area contributed by atoms with E-state index in [9.17, 15) is 0 Å². The van der Waals surface area contributed by atoms with Crippen LogP contribution in [0, 0.1) is 0 Å². The second-order valence-corrected chi connectivity index (χ2v) is 4.63. The molecular formula is C14H16N4. The quantitative estimate of drug-likeness (QED) is 0.819. The Hall–Kier alpha value is -1.97. The van der Waals surface area contributed by atoms with E-state index in [1.165, 1.54) is 25.0 Å². The Morgan fingerprint density at radius 1 is 1.06 bits per heavy atom. The molecule has 1 saturated carbocycles. The summed E-state index contributed by atoms with van der Waals surface area (Å²) < 4.78 is 0. The molecule has 1 fully saturated rings. The van der Waals surface area contributed by atoms with Gasteiger partial charge in [-0.25, -0.2) is 0 Å². The summed E-state index contributed by atoms with van der Waals surface area (Å²) in [6.07, 6.45) is 7.81. The Bertz CT molecular complexity index is 564. The second kappa shape index (κ2) is 5.12. The van der Waals surface area contributed by atoms with Crippen LogP contribution in [0.1, 0.15) is 32.1 Å². The van der Waals surface area contributed by atoms with Crippen LogP contribution in [0.2, 0.25) is 0 Å². The summed E-state index contributed by atoms with van der Waals surface area (Å²) in [7, 11) is 0. The highest BCUT2D eigenvalue weighted by atomic mass is 15.3. The van der Waals surface area contributed by atoms with Gasteiger partial charge in [0.2, 0.25) is 0 Å². The summed E-state index contributed by atoms with van der Waals surface area (Å²) >= 11 is 0. The van der Waals surface area contributed by atoms with Crippen molar-refractivity contribution in [3.05, 3.63) is 30.5 Å². The van der Waals surface area contributed by atoms with Gasteiger partial charge in [0.1, 0.15) is 0 Å². The molecular weight excluding hydrogens is 224 g/mol. The molecule has 1 aliphatic carbocycles. The second-order valence-electron chi connectivity index (χ2n) is 4.63. The third-order valence-corrected chi connectivity index (χ3v) is 3.32. The maximum atomic E-state index is 4.47. The van der Waals surface area contributed by atoms with Gasteiger partial charge in [0, 0.05) is 16.5 Å². The molecule has 0 unspecified atom stereocenters. The van der Waals surface area contributed by atoms with E-state index in [0.29, 0.717) is 0 Å². The summed E-state index contributed by atoms with van der Waals surface area (Å²) in [4.78, 5) is 0. The number of nitrogens with zero attached hydrogens (tertiary/aromatic N) is 3. The van der Waals surface area contributed by atoms with Gasteiger partial charge in [0.15, 0.2) is 5.82 Å². The number of rotatable bonds is 2. The first-order chi connectivity index (χ1) is 8.93. The van der Waals surface area contributed by atoms with Gasteiger partial charge in [-0.1, -0.05) is 30.7 Å². The van der Waals surface area contributed by atoms with E-state index >= 15 is 0 Å².